The number of hydrogen-bond acceptors (Lipinski definition) is 6. The molecule has 1 unspecified atom stereocenters. The zero-order valence-corrected chi connectivity index (χ0v) is 14.5. The van der Waals surface area contributed by atoms with Crippen LogP contribution in [0.2, 0.25) is 0 Å². The fraction of sp³-hybridized carbons (Fsp3) is 0.588. The maximum Gasteiger partial charge on any atom is 0.253 e. The van der Waals surface area contributed by atoms with Gasteiger partial charge in [-0.15, -0.1) is 0 Å². The fourth-order valence-electron chi connectivity index (χ4n) is 3.65. The van der Waals surface area contributed by atoms with Crippen molar-refractivity contribution in [3.05, 3.63) is 23.8 Å². The Bertz CT molecular complexity index is 713. The van der Waals surface area contributed by atoms with Crippen LogP contribution < -0.4 is 0 Å². The van der Waals surface area contributed by atoms with Gasteiger partial charge in [-0.05, 0) is 37.0 Å². The Kier molecular flexibility index (Phi) is 4.73. The van der Waals surface area contributed by atoms with Crippen molar-refractivity contribution in [2.75, 3.05) is 45.9 Å². The number of hydrogen-bond donors (Lipinski definition) is 0. The van der Waals surface area contributed by atoms with Crippen molar-refractivity contribution in [2.24, 2.45) is 5.92 Å². The first-order valence-electron chi connectivity index (χ1n) is 8.61. The van der Waals surface area contributed by atoms with Gasteiger partial charge in [-0.25, -0.2) is 0 Å². The van der Waals surface area contributed by atoms with E-state index in [2.05, 4.69) is 13.6 Å². The quantitative estimate of drug-likeness (QED) is 0.849. The molecule has 0 N–H and O–H groups in total. The van der Waals surface area contributed by atoms with Crippen LogP contribution in [0.15, 0.2) is 18.2 Å². The van der Waals surface area contributed by atoms with Crippen LogP contribution in [-0.4, -0.2) is 70.4 Å². The van der Waals surface area contributed by atoms with Crippen molar-refractivity contribution >= 4 is 28.7 Å². The molecule has 1 aromatic heterocycles. The van der Waals surface area contributed by atoms with Crippen LogP contribution in [0, 0.1) is 5.92 Å². The summed E-state index contributed by atoms with van der Waals surface area (Å²) in [4.78, 5) is 17.3. The molecular formula is C17H22N4O2S. The molecule has 7 heteroatoms. The molecule has 2 aliphatic heterocycles. The summed E-state index contributed by atoms with van der Waals surface area (Å²) in [6.07, 6.45) is 2.29. The number of nitrogens with zero attached hydrogens (tertiary/aromatic N) is 4. The molecule has 2 fully saturated rings. The molecule has 0 aliphatic carbocycles. The van der Waals surface area contributed by atoms with Crippen molar-refractivity contribution in [1.29, 1.82) is 0 Å². The number of ether oxygens (including phenoxy) is 1. The van der Waals surface area contributed by atoms with Gasteiger partial charge in [0.1, 0.15) is 11.0 Å². The fourth-order valence-corrected chi connectivity index (χ4v) is 4.16. The summed E-state index contributed by atoms with van der Waals surface area (Å²) in [5.41, 5.74) is 2.40. The minimum atomic E-state index is 0.122. The van der Waals surface area contributed by atoms with Gasteiger partial charge in [-0.3, -0.25) is 9.69 Å². The summed E-state index contributed by atoms with van der Waals surface area (Å²) < 4.78 is 13.9. The Morgan fingerprint density at radius 2 is 2.04 bits per heavy atom. The molecule has 6 nitrogen and oxygen atoms in total. The summed E-state index contributed by atoms with van der Waals surface area (Å²) in [7, 11) is 0. The second-order valence-corrected chi connectivity index (χ2v) is 7.17. The summed E-state index contributed by atoms with van der Waals surface area (Å²) in [6, 6.07) is 5.63. The summed E-state index contributed by atoms with van der Waals surface area (Å²) in [5, 5.41) is 0. The Hall–Kier alpha value is -1.57. The molecule has 2 saturated heterocycles. The second-order valence-electron chi connectivity index (χ2n) is 6.64. The Balaban J connectivity index is 1.41. The highest BCUT2D eigenvalue weighted by Crippen LogP contribution is 2.21. The van der Waals surface area contributed by atoms with Crippen LogP contribution in [0.4, 0.5) is 0 Å². The lowest BCUT2D eigenvalue weighted by Gasteiger charge is -2.36. The third kappa shape index (κ3) is 3.43. The predicted molar refractivity (Wildman–Crippen MR) is 93.3 cm³/mol. The Labute approximate surface area is 145 Å². The third-order valence-electron chi connectivity index (χ3n) is 4.93. The first-order chi connectivity index (χ1) is 11.8. The second kappa shape index (κ2) is 7.13. The highest BCUT2D eigenvalue weighted by Gasteiger charge is 2.26. The molecule has 24 heavy (non-hydrogen) atoms. The van der Waals surface area contributed by atoms with Crippen LogP contribution in [0.3, 0.4) is 0 Å². The SMILES string of the molecule is O=C(c1ccc2nsnc2c1)N1CCCC(CN2CCOCC2)C1. The maximum absolute atomic E-state index is 12.9. The van der Waals surface area contributed by atoms with Gasteiger partial charge in [0.2, 0.25) is 0 Å². The molecule has 0 saturated carbocycles. The van der Waals surface area contributed by atoms with E-state index in [1.54, 1.807) is 0 Å². The largest absolute Gasteiger partial charge is 0.379 e. The molecule has 3 heterocycles. The number of amides is 1. The monoisotopic (exact) mass is 346 g/mol. The average molecular weight is 346 g/mol. The van der Waals surface area contributed by atoms with Crippen LogP contribution in [0.25, 0.3) is 11.0 Å². The van der Waals surface area contributed by atoms with E-state index in [1.807, 2.05) is 23.1 Å². The molecular weight excluding hydrogens is 324 g/mol. The van der Waals surface area contributed by atoms with E-state index in [0.29, 0.717) is 5.92 Å². The minimum Gasteiger partial charge on any atom is -0.379 e. The summed E-state index contributed by atoms with van der Waals surface area (Å²) in [6.45, 7) is 6.46. The molecule has 1 amide bonds. The van der Waals surface area contributed by atoms with Crippen molar-refractivity contribution in [3.8, 4) is 0 Å². The lowest BCUT2D eigenvalue weighted by molar-refractivity contribution is 0.0224. The van der Waals surface area contributed by atoms with Gasteiger partial charge >= 0.3 is 0 Å². The Morgan fingerprint density at radius 1 is 1.21 bits per heavy atom. The van der Waals surface area contributed by atoms with Crippen molar-refractivity contribution in [1.82, 2.24) is 18.5 Å². The third-order valence-corrected chi connectivity index (χ3v) is 5.48. The lowest BCUT2D eigenvalue weighted by Crippen LogP contribution is -2.46. The molecule has 0 spiro atoms. The predicted octanol–water partition coefficient (Wildman–Crippen LogP) is 1.88. The van der Waals surface area contributed by atoms with Crippen LogP contribution in [-0.2, 0) is 4.74 Å². The van der Waals surface area contributed by atoms with Crippen molar-refractivity contribution < 1.29 is 9.53 Å². The highest BCUT2D eigenvalue weighted by atomic mass is 32.1. The molecule has 4 rings (SSSR count). The van der Waals surface area contributed by atoms with Gasteiger partial charge < -0.3 is 9.64 Å². The number of rotatable bonds is 3. The number of morpholine rings is 1. The number of aromatic nitrogens is 2. The van der Waals surface area contributed by atoms with Gasteiger partial charge in [0, 0.05) is 38.3 Å². The normalized spacial score (nSPS) is 22.8. The van der Waals surface area contributed by atoms with E-state index in [-0.39, 0.29) is 5.91 Å². The number of piperidine rings is 1. The first-order valence-corrected chi connectivity index (χ1v) is 9.34. The van der Waals surface area contributed by atoms with E-state index in [0.717, 1.165) is 69.0 Å². The maximum atomic E-state index is 12.9. The molecule has 128 valence electrons. The molecule has 0 bridgehead atoms. The summed E-state index contributed by atoms with van der Waals surface area (Å²) in [5.74, 6) is 0.682. The standard InChI is InChI=1S/C17H22N4O2S/c22-17(14-3-4-15-16(10-14)19-24-18-15)21-5-1-2-13(12-21)11-20-6-8-23-9-7-20/h3-4,10,13H,1-2,5-9,11-12H2. The van der Waals surface area contributed by atoms with Gasteiger partial charge in [0.15, 0.2) is 0 Å². The van der Waals surface area contributed by atoms with E-state index >= 15 is 0 Å². The average Bonchev–Trinajstić information content (AvgIpc) is 3.10. The zero-order chi connectivity index (χ0) is 16.4. The highest BCUT2D eigenvalue weighted by molar-refractivity contribution is 7.00. The van der Waals surface area contributed by atoms with Crippen molar-refractivity contribution in [2.45, 2.75) is 12.8 Å². The van der Waals surface area contributed by atoms with E-state index in [9.17, 15) is 4.79 Å². The van der Waals surface area contributed by atoms with Gasteiger partial charge in [0.05, 0.1) is 24.9 Å². The Morgan fingerprint density at radius 3 is 2.92 bits per heavy atom. The van der Waals surface area contributed by atoms with Crippen LogP contribution >= 0.6 is 11.7 Å². The molecule has 2 aliphatic rings. The number of carbonyl (C=O) groups is 1. The lowest BCUT2D eigenvalue weighted by atomic mass is 9.96. The first kappa shape index (κ1) is 15.9. The smallest absolute Gasteiger partial charge is 0.253 e. The van der Waals surface area contributed by atoms with Gasteiger partial charge in [-0.2, -0.15) is 8.75 Å². The molecule has 1 aromatic carbocycles. The molecule has 2 aromatic rings. The minimum absolute atomic E-state index is 0.122. The van der Waals surface area contributed by atoms with Crippen LogP contribution in [0.5, 0.6) is 0 Å². The number of benzene rings is 1. The zero-order valence-electron chi connectivity index (χ0n) is 13.7. The van der Waals surface area contributed by atoms with Gasteiger partial charge in [0.25, 0.3) is 5.91 Å². The number of carbonyl (C=O) groups excluding carboxylic acids is 1. The molecule has 1 atom stereocenters. The van der Waals surface area contributed by atoms with Crippen LogP contribution in [0.1, 0.15) is 23.2 Å². The van der Waals surface area contributed by atoms with E-state index < -0.39 is 0 Å². The number of likely N-dealkylation sites (tertiary alicyclic amines) is 1. The number of fused-ring (bicyclic) bond motifs is 1. The summed E-state index contributed by atoms with van der Waals surface area (Å²) >= 11 is 1.19. The topological polar surface area (TPSA) is 58.6 Å². The van der Waals surface area contributed by atoms with E-state index in [4.69, 9.17) is 4.74 Å². The molecule has 0 radical (unpaired) electrons. The van der Waals surface area contributed by atoms with E-state index in [1.165, 1.54) is 18.1 Å². The van der Waals surface area contributed by atoms with Gasteiger partial charge in [-0.1, -0.05) is 0 Å². The van der Waals surface area contributed by atoms with Crippen molar-refractivity contribution in [3.63, 3.8) is 0 Å².